The van der Waals surface area contributed by atoms with Gasteiger partial charge < -0.3 is 5.32 Å². The first-order chi connectivity index (χ1) is 10.8. The molecule has 1 aliphatic rings. The summed E-state index contributed by atoms with van der Waals surface area (Å²) in [7, 11) is -3.67. The third-order valence-electron chi connectivity index (χ3n) is 3.66. The Balaban J connectivity index is 1.90. The number of carbonyl (C=O) groups excluding carboxylic acids is 1. The highest BCUT2D eigenvalue weighted by atomic mass is 32.2. The van der Waals surface area contributed by atoms with E-state index >= 15 is 0 Å². The van der Waals surface area contributed by atoms with Crippen LogP contribution in [0.15, 0.2) is 46.2 Å². The summed E-state index contributed by atoms with van der Waals surface area (Å²) >= 11 is 1.33. The van der Waals surface area contributed by atoms with Crippen LogP contribution in [0.3, 0.4) is 0 Å². The summed E-state index contributed by atoms with van der Waals surface area (Å²) in [6, 6.07) is 10.1. The van der Waals surface area contributed by atoms with Crippen molar-refractivity contribution in [3.63, 3.8) is 0 Å². The molecule has 0 saturated heterocycles. The molecule has 2 aromatic rings. The van der Waals surface area contributed by atoms with Crippen molar-refractivity contribution < 1.29 is 13.2 Å². The van der Waals surface area contributed by atoms with E-state index in [1.54, 1.807) is 24.3 Å². The van der Waals surface area contributed by atoms with Gasteiger partial charge in [-0.25, -0.2) is 8.42 Å². The minimum Gasteiger partial charge on any atom is -0.324 e. The number of amides is 1. The molecule has 0 radical (unpaired) electrons. The van der Waals surface area contributed by atoms with Gasteiger partial charge in [0, 0.05) is 10.6 Å². The smallest absolute Gasteiger partial charge is 0.261 e. The molecule has 23 heavy (non-hydrogen) atoms. The Labute approximate surface area is 139 Å². The zero-order valence-electron chi connectivity index (χ0n) is 12.7. The summed E-state index contributed by atoms with van der Waals surface area (Å²) < 4.78 is 27.7. The minimum absolute atomic E-state index is 0.0774. The first-order valence-electron chi connectivity index (χ1n) is 7.02. The Hall–Kier alpha value is -1.99. The number of benzene rings is 2. The zero-order valence-corrected chi connectivity index (χ0v) is 14.3. The highest BCUT2D eigenvalue weighted by molar-refractivity contribution is 8.00. The normalized spacial score (nSPS) is 14.1. The fourth-order valence-electron chi connectivity index (χ4n) is 2.24. The molecule has 120 valence electrons. The largest absolute Gasteiger partial charge is 0.324 e. The molecule has 0 bridgehead atoms. The number of hydrogen-bond acceptors (Lipinski definition) is 4. The van der Waals surface area contributed by atoms with Crippen LogP contribution < -0.4 is 10.0 Å². The Kier molecular flexibility index (Phi) is 4.08. The summed E-state index contributed by atoms with van der Waals surface area (Å²) in [6.07, 6.45) is 0. The van der Waals surface area contributed by atoms with Gasteiger partial charge in [0.05, 0.1) is 16.3 Å². The number of nitrogens with one attached hydrogen (secondary N) is 2. The second-order valence-electron chi connectivity index (χ2n) is 5.40. The molecule has 0 aromatic heterocycles. The molecule has 0 spiro atoms. The number of carbonyl (C=O) groups is 1. The van der Waals surface area contributed by atoms with Gasteiger partial charge >= 0.3 is 0 Å². The molecule has 0 fully saturated rings. The maximum Gasteiger partial charge on any atom is 0.261 e. The molecule has 2 N–H and O–H groups in total. The Bertz CT molecular complexity index is 892. The number of aryl methyl sites for hydroxylation is 2. The zero-order chi connectivity index (χ0) is 16.6. The molecule has 0 unspecified atom stereocenters. The number of fused-ring (bicyclic) bond motifs is 1. The number of sulfonamides is 1. The molecule has 3 rings (SSSR count). The molecular weight excluding hydrogens is 332 g/mol. The second-order valence-corrected chi connectivity index (χ2v) is 8.10. The van der Waals surface area contributed by atoms with Gasteiger partial charge in [0.25, 0.3) is 10.0 Å². The summed E-state index contributed by atoms with van der Waals surface area (Å²) in [5.41, 5.74) is 3.31. The molecule has 0 aliphatic carbocycles. The van der Waals surface area contributed by atoms with Gasteiger partial charge in [-0.15, -0.1) is 11.8 Å². The molecule has 5 nitrogen and oxygen atoms in total. The van der Waals surface area contributed by atoms with E-state index < -0.39 is 10.0 Å². The van der Waals surface area contributed by atoms with Gasteiger partial charge in [-0.1, -0.05) is 6.07 Å². The van der Waals surface area contributed by atoms with E-state index in [1.807, 2.05) is 19.9 Å². The van der Waals surface area contributed by atoms with Gasteiger partial charge in [-0.05, 0) is 55.3 Å². The van der Waals surface area contributed by atoms with Crippen LogP contribution in [0.1, 0.15) is 11.1 Å². The fraction of sp³-hybridized carbons (Fsp3) is 0.188. The van der Waals surface area contributed by atoms with Gasteiger partial charge in [0.2, 0.25) is 5.91 Å². The van der Waals surface area contributed by atoms with Crippen LogP contribution in [0.25, 0.3) is 0 Å². The third-order valence-corrected chi connectivity index (χ3v) is 6.09. The van der Waals surface area contributed by atoms with Crippen molar-refractivity contribution in [3.05, 3.63) is 47.5 Å². The van der Waals surface area contributed by atoms with Crippen LogP contribution in [0.5, 0.6) is 0 Å². The maximum atomic E-state index is 12.5. The maximum absolute atomic E-state index is 12.5. The molecule has 7 heteroatoms. The molecule has 2 aromatic carbocycles. The fourth-order valence-corrected chi connectivity index (χ4v) is 4.23. The van der Waals surface area contributed by atoms with Gasteiger partial charge in [-0.3, -0.25) is 9.52 Å². The van der Waals surface area contributed by atoms with E-state index in [4.69, 9.17) is 0 Å². The highest BCUT2D eigenvalue weighted by Gasteiger charge is 2.20. The molecule has 1 aliphatic heterocycles. The average Bonchev–Trinajstić information content (AvgIpc) is 2.50. The lowest BCUT2D eigenvalue weighted by molar-refractivity contribution is -0.113. The van der Waals surface area contributed by atoms with Crippen molar-refractivity contribution in [2.75, 3.05) is 15.8 Å². The summed E-state index contributed by atoms with van der Waals surface area (Å²) in [4.78, 5) is 12.3. The van der Waals surface area contributed by atoms with Gasteiger partial charge in [-0.2, -0.15) is 0 Å². The lowest BCUT2D eigenvalue weighted by atomic mass is 10.1. The van der Waals surface area contributed by atoms with Crippen molar-refractivity contribution in [2.24, 2.45) is 0 Å². The highest BCUT2D eigenvalue weighted by Crippen LogP contribution is 2.33. The Morgan fingerprint density at radius 3 is 2.61 bits per heavy atom. The summed E-state index contributed by atoms with van der Waals surface area (Å²) in [5.74, 6) is 0.215. The lowest BCUT2D eigenvalue weighted by Gasteiger charge is -2.17. The SMILES string of the molecule is Cc1ccc(NS(=O)(=O)c2ccc3c(c2)SCC(=O)N3)cc1C. The van der Waals surface area contributed by atoms with Gasteiger partial charge in [0.15, 0.2) is 0 Å². The van der Waals surface area contributed by atoms with Crippen LogP contribution in [0.2, 0.25) is 0 Å². The minimum atomic E-state index is -3.67. The van der Waals surface area contributed by atoms with E-state index in [0.717, 1.165) is 16.0 Å². The van der Waals surface area contributed by atoms with Crippen LogP contribution in [0, 0.1) is 13.8 Å². The Morgan fingerprint density at radius 2 is 1.87 bits per heavy atom. The quantitative estimate of drug-likeness (QED) is 0.893. The topological polar surface area (TPSA) is 75.3 Å². The Morgan fingerprint density at radius 1 is 1.09 bits per heavy atom. The first kappa shape index (κ1) is 15.9. The predicted octanol–water partition coefficient (Wildman–Crippen LogP) is 3.15. The first-order valence-corrected chi connectivity index (χ1v) is 9.49. The van der Waals surface area contributed by atoms with Crippen LogP contribution in [-0.2, 0) is 14.8 Å². The molecule has 0 saturated carbocycles. The standard InChI is InChI=1S/C16H16N2O3S2/c1-10-3-4-12(7-11(10)2)18-23(20,21)13-5-6-14-15(8-13)22-9-16(19)17-14/h3-8,18H,9H2,1-2H3,(H,17,19). The summed E-state index contributed by atoms with van der Waals surface area (Å²) in [6.45, 7) is 3.91. The van der Waals surface area contributed by atoms with Crippen LogP contribution in [0.4, 0.5) is 11.4 Å². The molecule has 1 heterocycles. The van der Waals surface area contributed by atoms with Crippen molar-refractivity contribution in [3.8, 4) is 0 Å². The average molecular weight is 348 g/mol. The van der Waals surface area contributed by atoms with Gasteiger partial charge in [0.1, 0.15) is 0 Å². The van der Waals surface area contributed by atoms with Crippen molar-refractivity contribution in [2.45, 2.75) is 23.6 Å². The van der Waals surface area contributed by atoms with Crippen molar-refractivity contribution in [1.29, 1.82) is 0 Å². The number of hydrogen-bond donors (Lipinski definition) is 2. The second kappa shape index (κ2) is 5.90. The lowest BCUT2D eigenvalue weighted by Crippen LogP contribution is -2.19. The monoisotopic (exact) mass is 348 g/mol. The molecular formula is C16H16N2O3S2. The number of rotatable bonds is 3. The predicted molar refractivity (Wildman–Crippen MR) is 92.5 cm³/mol. The number of thioether (sulfide) groups is 1. The number of anilines is 2. The third kappa shape index (κ3) is 3.35. The van der Waals surface area contributed by atoms with Crippen LogP contribution in [-0.4, -0.2) is 20.1 Å². The van der Waals surface area contributed by atoms with E-state index in [0.29, 0.717) is 17.1 Å². The van der Waals surface area contributed by atoms with Crippen LogP contribution >= 0.6 is 11.8 Å². The molecule has 0 atom stereocenters. The van der Waals surface area contributed by atoms with Crippen molar-refractivity contribution in [1.82, 2.24) is 0 Å². The molecule has 1 amide bonds. The van der Waals surface area contributed by atoms with E-state index in [1.165, 1.54) is 17.8 Å². The van der Waals surface area contributed by atoms with E-state index in [-0.39, 0.29) is 10.8 Å². The van der Waals surface area contributed by atoms with Crippen molar-refractivity contribution >= 4 is 39.1 Å². The van der Waals surface area contributed by atoms with E-state index in [2.05, 4.69) is 10.0 Å². The summed E-state index contributed by atoms with van der Waals surface area (Å²) in [5, 5.41) is 2.73. The van der Waals surface area contributed by atoms with E-state index in [9.17, 15) is 13.2 Å².